The lowest BCUT2D eigenvalue weighted by molar-refractivity contribution is 0.601. The summed E-state index contributed by atoms with van der Waals surface area (Å²) in [7, 11) is -3.90. The smallest absolute Gasteiger partial charge is 0.265 e. The zero-order valence-electron chi connectivity index (χ0n) is 20.1. The molecular weight excluding hydrogens is 490 g/mol. The monoisotopic (exact) mass is 511 g/mol. The number of imidazole rings is 1. The lowest BCUT2D eigenvalue weighted by atomic mass is 10.1. The molecule has 184 valence electrons. The number of sulfonamides is 1. The summed E-state index contributed by atoms with van der Waals surface area (Å²) < 4.78 is 29.4. The van der Waals surface area contributed by atoms with Crippen molar-refractivity contribution >= 4 is 44.5 Å². The normalized spacial score (nSPS) is 12.1. The Kier molecular flexibility index (Phi) is 5.81. The number of hydrogen-bond donors (Lipinski definition) is 2. The van der Waals surface area contributed by atoms with Crippen LogP contribution >= 0.6 is 0 Å². The fourth-order valence-corrected chi connectivity index (χ4v) is 5.07. The van der Waals surface area contributed by atoms with Crippen LogP contribution < -0.4 is 20.8 Å². The molecule has 0 aliphatic rings. The van der Waals surface area contributed by atoms with Gasteiger partial charge in [-0.2, -0.15) is 5.26 Å². The summed E-state index contributed by atoms with van der Waals surface area (Å²) in [6.07, 6.45) is 1.51. The standard InChI is InChI=1S/C26H21N7O3S/c1-15-12-16(2)30-26(29-15)32-37(35,36)19-10-8-18(9-11-19)28-14-21-17(3)20(13-27)24-31-22-6-4-5-7-23(22)33(24)25(21)34/h4-12,14,28H,1-3H3,(H,29,30,32)/b21-14-. The van der Waals surface area contributed by atoms with Gasteiger partial charge in [-0.1, -0.05) is 12.1 Å². The molecule has 3 heterocycles. The highest BCUT2D eigenvalue weighted by Crippen LogP contribution is 2.19. The molecule has 5 rings (SSSR count). The molecule has 2 N–H and O–H groups in total. The van der Waals surface area contributed by atoms with Crippen molar-refractivity contribution in [1.29, 1.82) is 5.26 Å². The van der Waals surface area contributed by atoms with Gasteiger partial charge in [-0.3, -0.25) is 9.20 Å². The summed E-state index contributed by atoms with van der Waals surface area (Å²) in [6, 6.07) is 17.1. The highest BCUT2D eigenvalue weighted by atomic mass is 32.2. The third-order valence-electron chi connectivity index (χ3n) is 5.86. The summed E-state index contributed by atoms with van der Waals surface area (Å²) in [4.78, 5) is 26.1. The van der Waals surface area contributed by atoms with E-state index in [0.717, 1.165) is 0 Å². The zero-order valence-corrected chi connectivity index (χ0v) is 21.0. The predicted molar refractivity (Wildman–Crippen MR) is 140 cm³/mol. The minimum absolute atomic E-state index is 0.00204. The summed E-state index contributed by atoms with van der Waals surface area (Å²) in [5.41, 5.74) is 3.90. The second-order valence-corrected chi connectivity index (χ2v) is 10.2. The number of fused-ring (bicyclic) bond motifs is 3. The van der Waals surface area contributed by atoms with Gasteiger partial charge in [-0.15, -0.1) is 0 Å². The molecule has 2 aromatic carbocycles. The van der Waals surface area contributed by atoms with E-state index in [1.54, 1.807) is 57.2 Å². The first-order valence-electron chi connectivity index (χ1n) is 11.2. The van der Waals surface area contributed by atoms with Crippen LogP contribution in [-0.4, -0.2) is 27.8 Å². The average Bonchev–Trinajstić information content (AvgIpc) is 3.23. The van der Waals surface area contributed by atoms with Gasteiger partial charge in [0.2, 0.25) is 5.95 Å². The maximum atomic E-state index is 13.4. The second kappa shape index (κ2) is 9.00. The van der Waals surface area contributed by atoms with Crippen molar-refractivity contribution < 1.29 is 8.42 Å². The van der Waals surface area contributed by atoms with Crippen LogP contribution in [0.25, 0.3) is 22.9 Å². The van der Waals surface area contributed by atoms with E-state index in [1.807, 2.05) is 6.07 Å². The third-order valence-corrected chi connectivity index (χ3v) is 7.21. The molecule has 5 aromatic rings. The maximum absolute atomic E-state index is 13.4. The van der Waals surface area contributed by atoms with Crippen molar-refractivity contribution in [1.82, 2.24) is 19.4 Å². The fraction of sp³-hybridized carbons (Fsp3) is 0.115. The number of benzene rings is 2. The average molecular weight is 512 g/mol. The Morgan fingerprint density at radius 2 is 1.65 bits per heavy atom. The molecule has 11 heteroatoms. The Morgan fingerprint density at radius 3 is 2.32 bits per heavy atom. The van der Waals surface area contributed by atoms with Crippen LogP contribution in [0.5, 0.6) is 0 Å². The number of nitriles is 1. The van der Waals surface area contributed by atoms with Gasteiger partial charge in [-0.25, -0.2) is 28.1 Å². The van der Waals surface area contributed by atoms with Crippen LogP contribution in [0.1, 0.15) is 22.5 Å². The lowest BCUT2D eigenvalue weighted by Gasteiger charge is -2.09. The van der Waals surface area contributed by atoms with Gasteiger partial charge in [0.25, 0.3) is 15.6 Å². The number of hydrogen-bond acceptors (Lipinski definition) is 8. The van der Waals surface area contributed by atoms with Gasteiger partial charge < -0.3 is 5.32 Å². The van der Waals surface area contributed by atoms with Crippen molar-refractivity contribution in [3.05, 3.63) is 92.7 Å². The molecular formula is C26H21N7O3S. The predicted octanol–water partition coefficient (Wildman–Crippen LogP) is 2.80. The van der Waals surface area contributed by atoms with Crippen molar-refractivity contribution in [2.45, 2.75) is 25.7 Å². The molecule has 37 heavy (non-hydrogen) atoms. The molecule has 3 aromatic heterocycles. The topological polar surface area (TPSA) is 142 Å². The van der Waals surface area contributed by atoms with E-state index in [-0.39, 0.29) is 16.4 Å². The Morgan fingerprint density at radius 1 is 0.973 bits per heavy atom. The van der Waals surface area contributed by atoms with Crippen LogP contribution in [-0.2, 0) is 10.0 Å². The number of nitrogens with one attached hydrogen (secondary N) is 2. The molecule has 10 nitrogen and oxygen atoms in total. The first-order chi connectivity index (χ1) is 17.7. The van der Waals surface area contributed by atoms with Gasteiger partial charge in [-0.05, 0) is 68.8 Å². The van der Waals surface area contributed by atoms with E-state index in [0.29, 0.717) is 50.1 Å². The Bertz CT molecular complexity index is 1940. The van der Waals surface area contributed by atoms with Crippen LogP contribution in [0.15, 0.2) is 64.3 Å². The number of para-hydroxylation sites is 2. The molecule has 0 aliphatic carbocycles. The molecule has 0 radical (unpaired) electrons. The van der Waals surface area contributed by atoms with E-state index in [4.69, 9.17) is 0 Å². The number of pyridine rings is 1. The van der Waals surface area contributed by atoms with Crippen LogP contribution in [0.2, 0.25) is 0 Å². The summed E-state index contributed by atoms with van der Waals surface area (Å²) in [5, 5.41) is 13.1. The first-order valence-corrected chi connectivity index (χ1v) is 12.7. The molecule has 0 spiro atoms. The first kappa shape index (κ1) is 23.9. The maximum Gasteiger partial charge on any atom is 0.265 e. The van der Waals surface area contributed by atoms with Gasteiger partial charge in [0.1, 0.15) is 6.07 Å². The Balaban J connectivity index is 1.49. The van der Waals surface area contributed by atoms with Crippen LogP contribution in [0.4, 0.5) is 11.6 Å². The quantitative estimate of drug-likeness (QED) is 0.367. The van der Waals surface area contributed by atoms with E-state index >= 15 is 0 Å². The molecule has 0 amide bonds. The number of aryl methyl sites for hydroxylation is 2. The number of rotatable bonds is 5. The summed E-state index contributed by atoms with van der Waals surface area (Å²) >= 11 is 0. The molecule has 0 bridgehead atoms. The molecule has 0 saturated carbocycles. The summed E-state index contributed by atoms with van der Waals surface area (Å²) in [6.45, 7) is 5.21. The lowest BCUT2D eigenvalue weighted by Crippen LogP contribution is -2.34. The van der Waals surface area contributed by atoms with E-state index in [1.165, 1.54) is 22.7 Å². The number of anilines is 2. The second-order valence-electron chi connectivity index (χ2n) is 8.48. The van der Waals surface area contributed by atoms with Crippen LogP contribution in [0.3, 0.4) is 0 Å². The largest absolute Gasteiger partial charge is 0.361 e. The zero-order chi connectivity index (χ0) is 26.3. The van der Waals surface area contributed by atoms with Gasteiger partial charge >= 0.3 is 0 Å². The molecule has 0 saturated heterocycles. The van der Waals surface area contributed by atoms with E-state index < -0.39 is 10.0 Å². The molecule has 0 atom stereocenters. The van der Waals surface area contributed by atoms with E-state index in [9.17, 15) is 18.5 Å². The van der Waals surface area contributed by atoms with Gasteiger partial charge in [0.15, 0.2) is 5.65 Å². The highest BCUT2D eigenvalue weighted by Gasteiger charge is 2.17. The third kappa shape index (κ3) is 4.34. The number of aromatic nitrogens is 4. The van der Waals surface area contributed by atoms with E-state index in [2.05, 4.69) is 31.1 Å². The van der Waals surface area contributed by atoms with Crippen molar-refractivity contribution in [3.8, 4) is 6.07 Å². The SMILES string of the molecule is Cc1cc(C)nc(NS(=O)(=O)c2ccc(N/C=c3/c(C)c(C#N)c4nc5ccccc5n4c3=O)cc2)n1. The molecule has 0 fully saturated rings. The van der Waals surface area contributed by atoms with Crippen LogP contribution in [0, 0.1) is 32.1 Å². The van der Waals surface area contributed by atoms with Crippen molar-refractivity contribution in [3.63, 3.8) is 0 Å². The fourth-order valence-electron chi connectivity index (χ4n) is 4.12. The molecule has 0 unspecified atom stereocenters. The van der Waals surface area contributed by atoms with Crippen molar-refractivity contribution in [2.75, 3.05) is 10.0 Å². The minimum Gasteiger partial charge on any atom is -0.361 e. The summed E-state index contributed by atoms with van der Waals surface area (Å²) in [5.74, 6) is 0.00204. The van der Waals surface area contributed by atoms with Crippen molar-refractivity contribution in [2.24, 2.45) is 0 Å². The number of nitrogens with zero attached hydrogens (tertiary/aromatic N) is 5. The van der Waals surface area contributed by atoms with Gasteiger partial charge in [0, 0.05) is 23.3 Å². The Labute approximate surface area is 212 Å². The Hall–Kier alpha value is -4.82. The minimum atomic E-state index is -3.90. The molecule has 0 aliphatic heterocycles. The van der Waals surface area contributed by atoms with Gasteiger partial charge in [0.05, 0.1) is 26.7 Å². The highest BCUT2D eigenvalue weighted by molar-refractivity contribution is 7.92.